The third kappa shape index (κ3) is 4.84. The van der Waals surface area contributed by atoms with E-state index < -0.39 is 11.7 Å². The van der Waals surface area contributed by atoms with E-state index in [1.54, 1.807) is 72.8 Å². The fourth-order valence-corrected chi connectivity index (χ4v) is 3.15. The standard InChI is InChI=1S/C23H18BrF3O/c24-15-16-28-20-13-11-18(12-14-20)21(17-7-3-1-4-8-17)22(23(25,26)27)19-9-5-2-6-10-19/h1-14H,15-16H2/b22-21-. The van der Waals surface area contributed by atoms with Gasteiger partial charge in [-0.2, -0.15) is 13.2 Å². The van der Waals surface area contributed by atoms with Gasteiger partial charge in [-0.25, -0.2) is 0 Å². The molecule has 0 unspecified atom stereocenters. The Hall–Kier alpha value is -2.53. The monoisotopic (exact) mass is 446 g/mol. The number of ether oxygens (including phenoxy) is 1. The summed E-state index contributed by atoms with van der Waals surface area (Å²) in [5.74, 6) is 0.615. The van der Waals surface area contributed by atoms with Crippen LogP contribution in [0.3, 0.4) is 0 Å². The van der Waals surface area contributed by atoms with Gasteiger partial charge in [0.05, 0.1) is 12.2 Å². The molecule has 3 aromatic rings. The Morgan fingerprint density at radius 1 is 0.714 bits per heavy atom. The third-order valence-electron chi connectivity index (χ3n) is 4.15. The molecule has 0 bridgehead atoms. The topological polar surface area (TPSA) is 9.23 Å². The molecule has 0 spiro atoms. The average Bonchev–Trinajstić information content (AvgIpc) is 2.71. The van der Waals surface area contributed by atoms with Crippen LogP contribution in [0.1, 0.15) is 16.7 Å². The van der Waals surface area contributed by atoms with E-state index in [4.69, 9.17) is 4.74 Å². The van der Waals surface area contributed by atoms with Gasteiger partial charge in [-0.1, -0.05) is 88.7 Å². The van der Waals surface area contributed by atoms with Crippen LogP contribution >= 0.6 is 15.9 Å². The van der Waals surface area contributed by atoms with E-state index in [9.17, 15) is 13.2 Å². The van der Waals surface area contributed by atoms with Crippen LogP contribution in [0.2, 0.25) is 0 Å². The third-order valence-corrected chi connectivity index (χ3v) is 4.47. The molecule has 28 heavy (non-hydrogen) atoms. The smallest absolute Gasteiger partial charge is 0.417 e. The molecule has 0 radical (unpaired) electrons. The van der Waals surface area contributed by atoms with Crippen molar-refractivity contribution in [2.24, 2.45) is 0 Å². The first-order chi connectivity index (χ1) is 13.5. The van der Waals surface area contributed by atoms with Crippen LogP contribution in [0.4, 0.5) is 13.2 Å². The first-order valence-electron chi connectivity index (χ1n) is 8.72. The molecular weight excluding hydrogens is 429 g/mol. The Morgan fingerprint density at radius 3 is 1.71 bits per heavy atom. The van der Waals surface area contributed by atoms with Gasteiger partial charge in [0.2, 0.25) is 0 Å². The molecule has 144 valence electrons. The highest BCUT2D eigenvalue weighted by Crippen LogP contribution is 2.42. The molecule has 0 fully saturated rings. The molecule has 0 atom stereocenters. The molecule has 0 heterocycles. The molecule has 0 aliphatic rings. The van der Waals surface area contributed by atoms with Crippen LogP contribution in [0.15, 0.2) is 84.9 Å². The second-order valence-electron chi connectivity index (χ2n) is 6.04. The van der Waals surface area contributed by atoms with Gasteiger partial charge in [-0.05, 0) is 28.8 Å². The zero-order valence-corrected chi connectivity index (χ0v) is 16.5. The molecule has 0 aromatic heterocycles. The Morgan fingerprint density at radius 2 is 1.21 bits per heavy atom. The molecule has 0 N–H and O–H groups in total. The van der Waals surface area contributed by atoms with Gasteiger partial charge in [-0.3, -0.25) is 0 Å². The van der Waals surface area contributed by atoms with E-state index in [0.717, 1.165) is 0 Å². The van der Waals surface area contributed by atoms with Crippen LogP contribution < -0.4 is 4.74 Å². The van der Waals surface area contributed by atoms with Gasteiger partial charge in [-0.15, -0.1) is 0 Å². The summed E-state index contributed by atoms with van der Waals surface area (Å²) in [6.07, 6.45) is -4.52. The molecule has 3 rings (SSSR count). The van der Waals surface area contributed by atoms with Gasteiger partial charge >= 0.3 is 6.18 Å². The highest BCUT2D eigenvalue weighted by Gasteiger charge is 2.38. The van der Waals surface area contributed by atoms with Gasteiger partial charge in [0.15, 0.2) is 0 Å². The fourth-order valence-electron chi connectivity index (χ4n) is 2.99. The summed E-state index contributed by atoms with van der Waals surface area (Å²) in [6.45, 7) is 0.485. The van der Waals surface area contributed by atoms with E-state index in [1.165, 1.54) is 12.1 Å². The maximum atomic E-state index is 14.2. The lowest BCUT2D eigenvalue weighted by molar-refractivity contribution is -0.0685. The summed E-state index contributed by atoms with van der Waals surface area (Å²) in [4.78, 5) is 0. The fraction of sp³-hybridized carbons (Fsp3) is 0.130. The van der Waals surface area contributed by atoms with Crippen LogP contribution in [-0.4, -0.2) is 18.1 Å². The van der Waals surface area contributed by atoms with Gasteiger partial charge in [0.1, 0.15) is 5.75 Å². The molecule has 1 nitrogen and oxygen atoms in total. The summed E-state index contributed by atoms with van der Waals surface area (Å²) >= 11 is 3.28. The number of rotatable bonds is 6. The average molecular weight is 447 g/mol. The van der Waals surface area contributed by atoms with E-state index in [1.807, 2.05) is 0 Å². The lowest BCUT2D eigenvalue weighted by Gasteiger charge is -2.20. The highest BCUT2D eigenvalue weighted by atomic mass is 79.9. The SMILES string of the molecule is FC(F)(F)/C(=C(/c1ccccc1)c1ccc(OCCBr)cc1)c1ccccc1. The first-order valence-corrected chi connectivity index (χ1v) is 9.84. The number of halogens is 4. The minimum Gasteiger partial charge on any atom is -0.493 e. The van der Waals surface area contributed by atoms with E-state index in [-0.39, 0.29) is 11.1 Å². The van der Waals surface area contributed by atoms with Gasteiger partial charge < -0.3 is 4.74 Å². The van der Waals surface area contributed by atoms with Crippen molar-refractivity contribution >= 4 is 27.1 Å². The van der Waals surface area contributed by atoms with Crippen molar-refractivity contribution in [3.05, 3.63) is 102 Å². The minimum atomic E-state index is -4.52. The number of hydrogen-bond donors (Lipinski definition) is 0. The highest BCUT2D eigenvalue weighted by molar-refractivity contribution is 9.09. The van der Waals surface area contributed by atoms with Gasteiger partial charge in [0, 0.05) is 10.9 Å². The number of hydrogen-bond acceptors (Lipinski definition) is 1. The van der Waals surface area contributed by atoms with Crippen molar-refractivity contribution in [2.75, 3.05) is 11.9 Å². The predicted molar refractivity (Wildman–Crippen MR) is 111 cm³/mol. The van der Waals surface area contributed by atoms with Crippen molar-refractivity contribution in [3.8, 4) is 5.75 Å². The van der Waals surface area contributed by atoms with Crippen LogP contribution in [0, 0.1) is 0 Å². The van der Waals surface area contributed by atoms with Crippen LogP contribution in [-0.2, 0) is 0 Å². The van der Waals surface area contributed by atoms with Crippen molar-refractivity contribution in [3.63, 3.8) is 0 Å². The molecule has 0 aliphatic carbocycles. The normalized spacial score (nSPS) is 12.4. The van der Waals surface area contributed by atoms with Crippen molar-refractivity contribution < 1.29 is 17.9 Å². The number of alkyl halides is 4. The van der Waals surface area contributed by atoms with Crippen molar-refractivity contribution in [2.45, 2.75) is 6.18 Å². The summed E-state index contributed by atoms with van der Waals surface area (Å²) in [5.41, 5.74) is 0.606. The second-order valence-corrected chi connectivity index (χ2v) is 6.83. The summed E-state index contributed by atoms with van der Waals surface area (Å²) in [6, 6.07) is 23.3. The number of benzene rings is 3. The Balaban J connectivity index is 2.22. The first kappa shape index (κ1) is 20.2. The maximum absolute atomic E-state index is 14.2. The lowest BCUT2D eigenvalue weighted by atomic mass is 9.89. The van der Waals surface area contributed by atoms with E-state index in [0.29, 0.717) is 28.8 Å². The quantitative estimate of drug-likeness (QED) is 0.293. The number of allylic oxidation sites excluding steroid dienone is 1. The molecule has 0 amide bonds. The summed E-state index contributed by atoms with van der Waals surface area (Å²) in [7, 11) is 0. The summed E-state index contributed by atoms with van der Waals surface area (Å²) in [5, 5.41) is 0.677. The molecule has 5 heteroatoms. The Bertz CT molecular complexity index is 918. The van der Waals surface area contributed by atoms with Crippen molar-refractivity contribution in [1.29, 1.82) is 0 Å². The lowest BCUT2D eigenvalue weighted by Crippen LogP contribution is -2.14. The maximum Gasteiger partial charge on any atom is 0.417 e. The molecule has 0 aliphatic heterocycles. The zero-order chi connectivity index (χ0) is 20.0. The molecular formula is C23H18BrF3O. The zero-order valence-electron chi connectivity index (χ0n) is 14.9. The Labute approximate surface area is 170 Å². The largest absolute Gasteiger partial charge is 0.493 e. The van der Waals surface area contributed by atoms with Crippen molar-refractivity contribution in [1.82, 2.24) is 0 Å². The van der Waals surface area contributed by atoms with E-state index >= 15 is 0 Å². The summed E-state index contributed by atoms with van der Waals surface area (Å²) < 4.78 is 48.1. The van der Waals surface area contributed by atoms with Crippen LogP contribution in [0.25, 0.3) is 11.1 Å². The second kappa shape index (κ2) is 9.11. The van der Waals surface area contributed by atoms with Gasteiger partial charge in [0.25, 0.3) is 0 Å². The van der Waals surface area contributed by atoms with E-state index in [2.05, 4.69) is 15.9 Å². The predicted octanol–water partition coefficient (Wildman–Crippen LogP) is 6.98. The van der Waals surface area contributed by atoms with Crippen LogP contribution in [0.5, 0.6) is 5.75 Å². The molecule has 0 saturated heterocycles. The molecule has 3 aromatic carbocycles. The minimum absolute atomic E-state index is 0.133. The molecule has 0 saturated carbocycles. The Kier molecular flexibility index (Phi) is 6.57.